The molecule has 0 bridgehead atoms. The number of rotatable bonds is 9. The highest BCUT2D eigenvalue weighted by Gasteiger charge is 2.29. The van der Waals surface area contributed by atoms with Crippen molar-refractivity contribution < 1.29 is 17.9 Å². The Morgan fingerprint density at radius 1 is 0.970 bits per heavy atom. The monoisotopic (exact) mass is 486 g/mol. The average molecular weight is 487 g/mol. The van der Waals surface area contributed by atoms with Crippen molar-refractivity contribution in [3.8, 4) is 5.75 Å². The third kappa shape index (κ3) is 6.27. The summed E-state index contributed by atoms with van der Waals surface area (Å²) < 4.78 is 33.6. The van der Waals surface area contributed by atoms with Gasteiger partial charge in [-0.2, -0.15) is 0 Å². The molecule has 0 radical (unpaired) electrons. The molecule has 33 heavy (non-hydrogen) atoms. The van der Waals surface area contributed by atoms with Crippen molar-refractivity contribution in [3.63, 3.8) is 0 Å². The van der Waals surface area contributed by atoms with Crippen LogP contribution in [0.4, 0.5) is 5.69 Å². The van der Waals surface area contributed by atoms with Crippen LogP contribution in [0.2, 0.25) is 5.02 Å². The number of halogens is 1. The van der Waals surface area contributed by atoms with Crippen LogP contribution in [-0.4, -0.2) is 34.5 Å². The van der Waals surface area contributed by atoms with Crippen molar-refractivity contribution >= 4 is 33.2 Å². The van der Waals surface area contributed by atoms with E-state index in [2.05, 4.69) is 5.32 Å². The standard InChI is InChI=1S/C25H27ClN2O4S/c1-18-4-11-22(12-5-18)33(30,31)28(23-16-19(2)6-13-24(23)32-3)17-25(29)27-15-14-20-7-9-21(26)10-8-20/h4-13,16H,14-15,17H2,1-3H3,(H,27,29). The lowest BCUT2D eigenvalue weighted by atomic mass is 10.1. The molecule has 6 nitrogen and oxygen atoms in total. The van der Waals surface area contributed by atoms with E-state index in [-0.39, 0.29) is 11.4 Å². The minimum Gasteiger partial charge on any atom is -0.495 e. The molecule has 0 aromatic heterocycles. The Balaban J connectivity index is 1.85. The number of anilines is 1. The van der Waals surface area contributed by atoms with Gasteiger partial charge in [0.15, 0.2) is 0 Å². The van der Waals surface area contributed by atoms with Gasteiger partial charge in [-0.25, -0.2) is 8.42 Å². The highest BCUT2D eigenvalue weighted by Crippen LogP contribution is 2.33. The summed E-state index contributed by atoms with van der Waals surface area (Å²) in [4.78, 5) is 12.9. The molecule has 174 valence electrons. The van der Waals surface area contributed by atoms with Gasteiger partial charge in [0.1, 0.15) is 12.3 Å². The van der Waals surface area contributed by atoms with Crippen LogP contribution in [0.25, 0.3) is 0 Å². The van der Waals surface area contributed by atoms with E-state index in [1.165, 1.54) is 7.11 Å². The lowest BCUT2D eigenvalue weighted by Crippen LogP contribution is -2.41. The first-order valence-electron chi connectivity index (χ1n) is 10.5. The van der Waals surface area contributed by atoms with Gasteiger partial charge >= 0.3 is 0 Å². The summed E-state index contributed by atoms with van der Waals surface area (Å²) >= 11 is 5.91. The number of ether oxygens (including phenoxy) is 1. The Morgan fingerprint density at radius 2 is 1.61 bits per heavy atom. The molecule has 0 fully saturated rings. The zero-order valence-corrected chi connectivity index (χ0v) is 20.4. The number of nitrogens with zero attached hydrogens (tertiary/aromatic N) is 1. The Labute approximate surface area is 200 Å². The molecule has 8 heteroatoms. The Hall–Kier alpha value is -3.03. The predicted molar refractivity (Wildman–Crippen MR) is 132 cm³/mol. The van der Waals surface area contributed by atoms with Crippen LogP contribution in [0.3, 0.4) is 0 Å². The predicted octanol–water partition coefficient (Wildman–Crippen LogP) is 4.52. The number of methoxy groups -OCH3 is 1. The quantitative estimate of drug-likeness (QED) is 0.482. The zero-order chi connectivity index (χ0) is 24.0. The van der Waals surface area contributed by atoms with E-state index in [1.807, 2.05) is 32.0 Å². The summed E-state index contributed by atoms with van der Waals surface area (Å²) in [5.74, 6) is -0.0477. The van der Waals surface area contributed by atoms with E-state index in [4.69, 9.17) is 16.3 Å². The first-order chi connectivity index (χ1) is 15.7. The number of hydrogen-bond acceptors (Lipinski definition) is 4. The summed E-state index contributed by atoms with van der Waals surface area (Å²) in [5.41, 5.74) is 3.11. The zero-order valence-electron chi connectivity index (χ0n) is 18.8. The van der Waals surface area contributed by atoms with E-state index in [1.54, 1.807) is 48.5 Å². The van der Waals surface area contributed by atoms with Gasteiger partial charge in [0.05, 0.1) is 17.7 Å². The van der Waals surface area contributed by atoms with Gasteiger partial charge in [0.2, 0.25) is 5.91 Å². The maximum atomic E-state index is 13.6. The van der Waals surface area contributed by atoms with E-state index in [0.29, 0.717) is 29.4 Å². The molecule has 0 unspecified atom stereocenters. The van der Waals surface area contributed by atoms with E-state index >= 15 is 0 Å². The minimum absolute atomic E-state index is 0.102. The SMILES string of the molecule is COc1ccc(C)cc1N(CC(=O)NCCc1ccc(Cl)cc1)S(=O)(=O)c1ccc(C)cc1. The van der Waals surface area contributed by atoms with Gasteiger partial charge in [-0.15, -0.1) is 0 Å². The smallest absolute Gasteiger partial charge is 0.264 e. The number of aryl methyl sites for hydroxylation is 2. The molecule has 3 rings (SSSR count). The molecule has 0 aliphatic rings. The van der Waals surface area contributed by atoms with E-state index in [9.17, 15) is 13.2 Å². The summed E-state index contributed by atoms with van der Waals surface area (Å²) in [6.07, 6.45) is 0.599. The summed E-state index contributed by atoms with van der Waals surface area (Å²) in [5, 5.41) is 3.46. The maximum absolute atomic E-state index is 13.6. The van der Waals surface area contributed by atoms with Crippen molar-refractivity contribution in [2.75, 3.05) is 24.5 Å². The lowest BCUT2D eigenvalue weighted by molar-refractivity contribution is -0.119. The van der Waals surface area contributed by atoms with Gasteiger partial charge in [-0.1, -0.05) is 47.5 Å². The van der Waals surface area contributed by atoms with Gasteiger partial charge in [-0.05, 0) is 67.8 Å². The fourth-order valence-electron chi connectivity index (χ4n) is 3.32. The number of sulfonamides is 1. The van der Waals surface area contributed by atoms with E-state index in [0.717, 1.165) is 21.0 Å². The third-order valence-electron chi connectivity index (χ3n) is 5.15. The van der Waals surface area contributed by atoms with Gasteiger partial charge in [-0.3, -0.25) is 9.10 Å². The molecule has 0 aliphatic heterocycles. The van der Waals surface area contributed by atoms with Gasteiger partial charge in [0.25, 0.3) is 10.0 Å². The number of hydrogen-bond donors (Lipinski definition) is 1. The molecule has 0 heterocycles. The van der Waals surface area contributed by atoms with Gasteiger partial charge in [0, 0.05) is 11.6 Å². The van der Waals surface area contributed by atoms with E-state index < -0.39 is 15.9 Å². The molecule has 0 atom stereocenters. The normalized spacial score (nSPS) is 11.2. The first kappa shape index (κ1) is 24.6. The highest BCUT2D eigenvalue weighted by atomic mass is 35.5. The molecular formula is C25H27ClN2O4S. The number of benzene rings is 3. The summed E-state index contributed by atoms with van der Waals surface area (Å²) in [7, 11) is -2.55. The second-order valence-electron chi connectivity index (χ2n) is 7.73. The topological polar surface area (TPSA) is 75.7 Å². The lowest BCUT2D eigenvalue weighted by Gasteiger charge is -2.26. The molecule has 1 amide bonds. The largest absolute Gasteiger partial charge is 0.495 e. The van der Waals surface area contributed by atoms with Crippen molar-refractivity contribution in [2.24, 2.45) is 0 Å². The maximum Gasteiger partial charge on any atom is 0.264 e. The second-order valence-corrected chi connectivity index (χ2v) is 10.0. The Bertz CT molecular complexity index is 1210. The Morgan fingerprint density at radius 3 is 2.24 bits per heavy atom. The van der Waals surface area contributed by atoms with Crippen LogP contribution in [0.5, 0.6) is 5.75 Å². The average Bonchev–Trinajstić information content (AvgIpc) is 2.79. The first-order valence-corrected chi connectivity index (χ1v) is 12.3. The van der Waals surface area contributed by atoms with Gasteiger partial charge < -0.3 is 10.1 Å². The fourth-order valence-corrected chi connectivity index (χ4v) is 4.87. The molecule has 1 N–H and O–H groups in total. The molecule has 0 aliphatic carbocycles. The molecule has 0 saturated carbocycles. The van der Waals surface area contributed by atoms with Crippen LogP contribution < -0.4 is 14.4 Å². The van der Waals surface area contributed by atoms with Crippen LogP contribution in [0.1, 0.15) is 16.7 Å². The number of carbonyl (C=O) groups is 1. The van der Waals surface area contributed by atoms with Crippen molar-refractivity contribution in [1.82, 2.24) is 5.32 Å². The van der Waals surface area contributed by atoms with Crippen LogP contribution in [0.15, 0.2) is 71.6 Å². The molecule has 0 spiro atoms. The van der Waals surface area contributed by atoms with Crippen LogP contribution in [-0.2, 0) is 21.2 Å². The van der Waals surface area contributed by atoms with Crippen molar-refractivity contribution in [1.29, 1.82) is 0 Å². The van der Waals surface area contributed by atoms with Crippen molar-refractivity contribution in [2.45, 2.75) is 25.2 Å². The third-order valence-corrected chi connectivity index (χ3v) is 7.17. The number of amides is 1. The molecule has 0 saturated heterocycles. The fraction of sp³-hybridized carbons (Fsp3) is 0.240. The van der Waals surface area contributed by atoms with Crippen LogP contribution in [0, 0.1) is 13.8 Å². The van der Waals surface area contributed by atoms with Crippen molar-refractivity contribution in [3.05, 3.63) is 88.4 Å². The molecular weight excluding hydrogens is 460 g/mol. The number of carbonyl (C=O) groups excluding carboxylic acids is 1. The Kier molecular flexibility index (Phi) is 8.00. The second kappa shape index (κ2) is 10.7. The highest BCUT2D eigenvalue weighted by molar-refractivity contribution is 7.92. The minimum atomic E-state index is -4.02. The molecule has 3 aromatic carbocycles. The number of nitrogens with one attached hydrogen (secondary N) is 1. The van der Waals surface area contributed by atoms with Crippen LogP contribution >= 0.6 is 11.6 Å². The summed E-state index contributed by atoms with van der Waals surface area (Å²) in [6.45, 7) is 3.72. The molecule has 3 aromatic rings. The summed E-state index contributed by atoms with van der Waals surface area (Å²) in [6, 6.07) is 19.1.